The lowest BCUT2D eigenvalue weighted by Gasteiger charge is -2.26. The first-order valence-corrected chi connectivity index (χ1v) is 8.96. The number of hydrogen-bond donors (Lipinski definition) is 0. The topological polar surface area (TPSA) is 24.9 Å². The Labute approximate surface area is 159 Å². The Morgan fingerprint density at radius 1 is 0.846 bits per heavy atom. The Bertz CT molecular complexity index is 687. The average molecular weight is 352 g/mol. The third kappa shape index (κ3) is 4.77. The highest BCUT2D eigenvalue weighted by molar-refractivity contribution is 6.65. The molecule has 0 radical (unpaired) electrons. The van der Waals surface area contributed by atoms with Crippen LogP contribution in [-0.4, -0.2) is 59.1 Å². The van der Waals surface area contributed by atoms with E-state index in [0.29, 0.717) is 0 Å². The minimum absolute atomic E-state index is 0.0298. The van der Waals surface area contributed by atoms with Crippen molar-refractivity contribution >= 4 is 25.0 Å². The fourth-order valence-corrected chi connectivity index (χ4v) is 3.69. The van der Waals surface area contributed by atoms with Crippen molar-refractivity contribution in [3.05, 3.63) is 59.2 Å². The van der Waals surface area contributed by atoms with Crippen molar-refractivity contribution in [2.24, 2.45) is 0 Å². The van der Waals surface area contributed by atoms with Gasteiger partial charge in [-0.1, -0.05) is 53.6 Å². The van der Waals surface area contributed by atoms with Gasteiger partial charge in [0, 0.05) is 20.8 Å². The molecule has 0 aliphatic rings. The summed E-state index contributed by atoms with van der Waals surface area (Å²) in [6.07, 6.45) is 0. The van der Waals surface area contributed by atoms with Crippen LogP contribution in [0.5, 0.6) is 0 Å². The Hall–Kier alpha value is -1.59. The average Bonchev–Trinajstić information content (AvgIpc) is 2.59. The zero-order chi connectivity index (χ0) is 19.3. The van der Waals surface area contributed by atoms with Crippen LogP contribution in [0, 0.1) is 13.8 Å². The summed E-state index contributed by atoms with van der Waals surface area (Å²) < 4.78 is 11.4. The van der Waals surface area contributed by atoms with Crippen molar-refractivity contribution in [3.8, 4) is 0 Å². The molecule has 0 spiro atoms. The normalized spacial score (nSPS) is 11.3. The van der Waals surface area contributed by atoms with E-state index >= 15 is 0 Å². The summed E-state index contributed by atoms with van der Waals surface area (Å²) in [5.74, 6) is 0. The van der Waals surface area contributed by atoms with E-state index in [0.717, 1.165) is 12.0 Å². The first-order chi connectivity index (χ1) is 12.4. The number of benzene rings is 2. The summed E-state index contributed by atoms with van der Waals surface area (Å²) in [7, 11) is 9.60. The molecule has 0 N–H and O–H groups in total. The molecule has 0 aliphatic carbocycles. The van der Waals surface area contributed by atoms with E-state index in [1.165, 1.54) is 22.2 Å². The van der Waals surface area contributed by atoms with Crippen molar-refractivity contribution in [2.75, 3.05) is 35.4 Å². The molecule has 0 unspecified atom stereocenters. The molecule has 0 amide bonds. The second-order valence-corrected chi connectivity index (χ2v) is 7.11. The minimum Gasteiger partial charge on any atom is -0.420 e. The first kappa shape index (κ1) is 20.7. The van der Waals surface area contributed by atoms with Crippen molar-refractivity contribution in [2.45, 2.75) is 20.4 Å². The monoisotopic (exact) mass is 352 g/mol. The van der Waals surface area contributed by atoms with Gasteiger partial charge in [-0.3, -0.25) is 0 Å². The van der Waals surface area contributed by atoms with Gasteiger partial charge in [0.1, 0.15) is 0 Å². The molecule has 26 heavy (non-hydrogen) atoms. The Morgan fingerprint density at radius 3 is 1.85 bits per heavy atom. The number of aryl methyl sites for hydroxylation is 2. The summed E-state index contributed by atoms with van der Waals surface area (Å²) in [5.41, 5.74) is 6.19. The number of rotatable bonds is 8. The van der Waals surface area contributed by atoms with E-state index < -0.39 is 0 Å². The van der Waals surface area contributed by atoms with E-state index in [4.69, 9.17) is 9.31 Å². The van der Waals surface area contributed by atoms with Crippen LogP contribution in [0.2, 0.25) is 0 Å². The Morgan fingerprint density at radius 2 is 1.38 bits per heavy atom. The predicted octanol–water partition coefficient (Wildman–Crippen LogP) is 1.68. The van der Waals surface area contributed by atoms with Crippen LogP contribution in [0.1, 0.15) is 16.7 Å². The fourth-order valence-electron chi connectivity index (χ4n) is 3.69. The van der Waals surface area contributed by atoms with E-state index in [1.807, 2.05) is 32.3 Å². The van der Waals surface area contributed by atoms with Crippen molar-refractivity contribution < 1.29 is 9.31 Å². The third-order valence-electron chi connectivity index (χ3n) is 4.73. The molecule has 0 aliphatic heterocycles. The third-order valence-corrected chi connectivity index (χ3v) is 4.73. The van der Waals surface area contributed by atoms with Gasteiger partial charge in [0.2, 0.25) is 0 Å². The molecule has 0 bridgehead atoms. The van der Waals surface area contributed by atoms with Crippen LogP contribution < -0.4 is 10.9 Å². The summed E-state index contributed by atoms with van der Waals surface area (Å²) in [6.45, 7) is 5.13. The van der Waals surface area contributed by atoms with Gasteiger partial charge in [-0.25, -0.2) is 0 Å². The summed E-state index contributed by atoms with van der Waals surface area (Å²) in [5, 5.41) is 0. The summed E-state index contributed by atoms with van der Waals surface area (Å²) in [6, 6.07) is 14.8. The molecule has 0 heterocycles. The van der Waals surface area contributed by atoms with Gasteiger partial charge in [0.25, 0.3) is 0 Å². The standard InChI is InChI=1S/C20H30B2N2O2/c1-16-13-18(14-17(2)20(16)22(26-7)23(3)4)15-24(5)21(25-6)19-11-9-8-10-12-19/h8-14H,15H2,1-7H3. The van der Waals surface area contributed by atoms with Gasteiger partial charge in [-0.15, -0.1) is 0 Å². The van der Waals surface area contributed by atoms with E-state index in [9.17, 15) is 0 Å². The van der Waals surface area contributed by atoms with Gasteiger partial charge in [-0.05, 0) is 51.5 Å². The van der Waals surface area contributed by atoms with Crippen molar-refractivity contribution in [1.29, 1.82) is 0 Å². The SMILES string of the molecule is COB(c1c(C)cc(CN(C)B(OC)c2ccccc2)cc1C)N(C)C. The van der Waals surface area contributed by atoms with Crippen LogP contribution in [0.4, 0.5) is 0 Å². The molecule has 2 aromatic rings. The van der Waals surface area contributed by atoms with E-state index in [1.54, 1.807) is 14.2 Å². The molecule has 0 aromatic heterocycles. The van der Waals surface area contributed by atoms with Gasteiger partial charge in [0.05, 0.1) is 0 Å². The van der Waals surface area contributed by atoms with Crippen LogP contribution in [0.3, 0.4) is 0 Å². The highest BCUT2D eigenvalue weighted by Crippen LogP contribution is 2.12. The maximum absolute atomic E-state index is 5.74. The lowest BCUT2D eigenvalue weighted by Crippen LogP contribution is -2.49. The second kappa shape index (κ2) is 9.38. The number of nitrogens with zero attached hydrogens (tertiary/aromatic N) is 2. The van der Waals surface area contributed by atoms with E-state index in [2.05, 4.69) is 54.8 Å². The largest absolute Gasteiger partial charge is 0.420 e. The maximum Gasteiger partial charge on any atom is 0.418 e. The Balaban J connectivity index is 2.24. The van der Waals surface area contributed by atoms with Crippen molar-refractivity contribution in [1.82, 2.24) is 9.62 Å². The van der Waals surface area contributed by atoms with Crippen LogP contribution in [0.25, 0.3) is 0 Å². The Kier molecular flexibility index (Phi) is 7.47. The molecule has 0 saturated carbocycles. The smallest absolute Gasteiger partial charge is 0.418 e. The fraction of sp³-hybridized carbons (Fsp3) is 0.400. The summed E-state index contributed by atoms with van der Waals surface area (Å²) >= 11 is 0. The second-order valence-electron chi connectivity index (χ2n) is 7.11. The van der Waals surface area contributed by atoms with Crippen LogP contribution in [-0.2, 0) is 15.9 Å². The quantitative estimate of drug-likeness (QED) is 0.675. The zero-order valence-electron chi connectivity index (χ0n) is 17.1. The molecule has 2 aromatic carbocycles. The lowest BCUT2D eigenvalue weighted by atomic mass is 9.67. The van der Waals surface area contributed by atoms with Gasteiger partial charge >= 0.3 is 14.1 Å². The molecule has 4 nitrogen and oxygen atoms in total. The highest BCUT2D eigenvalue weighted by atomic mass is 16.4. The van der Waals surface area contributed by atoms with Gasteiger partial charge in [-0.2, -0.15) is 0 Å². The lowest BCUT2D eigenvalue weighted by molar-refractivity contribution is 0.349. The van der Waals surface area contributed by atoms with E-state index in [-0.39, 0.29) is 14.1 Å². The molecule has 0 saturated heterocycles. The molecule has 0 atom stereocenters. The maximum atomic E-state index is 5.74. The molecule has 2 rings (SSSR count). The zero-order valence-corrected chi connectivity index (χ0v) is 17.1. The summed E-state index contributed by atoms with van der Waals surface area (Å²) in [4.78, 5) is 4.32. The van der Waals surface area contributed by atoms with Crippen molar-refractivity contribution in [3.63, 3.8) is 0 Å². The molecular weight excluding hydrogens is 322 g/mol. The molecule has 138 valence electrons. The predicted molar refractivity (Wildman–Crippen MR) is 112 cm³/mol. The van der Waals surface area contributed by atoms with Gasteiger partial charge in [0.15, 0.2) is 0 Å². The van der Waals surface area contributed by atoms with Gasteiger partial charge < -0.3 is 18.9 Å². The number of hydrogen-bond acceptors (Lipinski definition) is 4. The molecular formula is C20H30B2N2O2. The highest BCUT2D eigenvalue weighted by Gasteiger charge is 2.26. The molecule has 6 heteroatoms. The first-order valence-electron chi connectivity index (χ1n) is 8.96. The minimum atomic E-state index is -0.0648. The van der Waals surface area contributed by atoms with Crippen LogP contribution in [0.15, 0.2) is 42.5 Å². The van der Waals surface area contributed by atoms with Crippen LogP contribution >= 0.6 is 0 Å². The molecule has 0 fully saturated rings.